The Balaban J connectivity index is -0.000000158. The molecule has 0 aliphatic rings. The van der Waals surface area contributed by atoms with Crippen LogP contribution in [-0.4, -0.2) is 55.6 Å². The highest BCUT2D eigenvalue weighted by Crippen LogP contribution is 1.97. The number of rotatable bonds is 3. The molecule has 0 bridgehead atoms. The van der Waals surface area contributed by atoms with E-state index in [1.54, 1.807) is 6.92 Å². The van der Waals surface area contributed by atoms with Gasteiger partial charge in [0.25, 0.3) is 4.05 Å². The van der Waals surface area contributed by atoms with Gasteiger partial charge in [-0.05, 0) is 6.92 Å². The van der Waals surface area contributed by atoms with Crippen molar-refractivity contribution in [2.75, 3.05) is 6.61 Å². The van der Waals surface area contributed by atoms with Crippen LogP contribution < -0.4 is 0 Å². The lowest BCUT2D eigenvalue weighted by atomic mass is 10.4. The van der Waals surface area contributed by atoms with Gasteiger partial charge >= 0.3 is 33.6 Å². The Kier molecular flexibility index (Phi) is 21.6. The second-order valence-corrected chi connectivity index (χ2v) is 4.19. The van der Waals surface area contributed by atoms with E-state index in [-0.39, 0.29) is 6.61 Å². The predicted molar refractivity (Wildman–Crippen MR) is 58.1 cm³/mol. The molecule has 3 N–H and O–H groups in total. The molecular weight excluding hydrogens is 212 g/mol. The summed E-state index contributed by atoms with van der Waals surface area (Å²) in [6.45, 7) is 6.37. The monoisotopic (exact) mass is 231 g/mol. The topological polar surface area (TPSA) is 94.8 Å². The highest BCUT2D eigenvalue weighted by molar-refractivity contribution is 6.11. The van der Waals surface area contributed by atoms with Gasteiger partial charge in [-0.15, -0.1) is 0 Å². The van der Waals surface area contributed by atoms with Crippen LogP contribution in [0.15, 0.2) is 0 Å². The summed E-state index contributed by atoms with van der Waals surface area (Å²) < 4.78 is 0.912. The van der Waals surface area contributed by atoms with E-state index < -0.39 is 18.4 Å². The lowest BCUT2D eigenvalue weighted by molar-refractivity contribution is -0.147. The maximum atomic E-state index is 9.43. The zero-order valence-corrected chi connectivity index (χ0v) is 11.0. The van der Waals surface area contributed by atoms with Crippen LogP contribution in [0.1, 0.15) is 33.6 Å². The van der Waals surface area contributed by atoms with E-state index in [0.29, 0.717) is 0 Å². The van der Waals surface area contributed by atoms with E-state index in [1.807, 2.05) is 0 Å². The first-order valence-corrected chi connectivity index (χ1v) is 5.50. The average Bonchev–Trinajstić information content (AvgIpc) is 2.04. The summed E-state index contributed by atoms with van der Waals surface area (Å²) in [6.07, 6.45) is 0.512. The van der Waals surface area contributed by atoms with Gasteiger partial charge in [-0.3, -0.25) is 9.59 Å². The summed E-state index contributed by atoms with van der Waals surface area (Å²) in [5.74, 6) is -2.62. The molecule has 7 radical (unpaired) electrons. The molecule has 0 aliphatic carbocycles. The van der Waals surface area contributed by atoms with E-state index in [2.05, 4.69) is 35.6 Å². The third kappa shape index (κ3) is 57.9. The summed E-state index contributed by atoms with van der Waals surface area (Å²) >= 11 is 2.05. The van der Waals surface area contributed by atoms with E-state index >= 15 is 0 Å². The van der Waals surface area contributed by atoms with Gasteiger partial charge in [0.05, 0.1) is 0 Å². The van der Waals surface area contributed by atoms with Gasteiger partial charge in [0.15, 0.2) is 0 Å². The highest BCUT2D eigenvalue weighted by atomic mass is 24.4. The summed E-state index contributed by atoms with van der Waals surface area (Å²) in [7, 11) is 0. The molecule has 0 rings (SSSR count). The fourth-order valence-corrected chi connectivity index (χ4v) is 0.129. The molecule has 5 nitrogen and oxygen atoms in total. The molecule has 1 unspecified atom stereocenters. The second-order valence-electron chi connectivity index (χ2n) is 2.79. The fraction of sp³-hybridized carbons (Fsp3) is 0.778. The highest BCUT2D eigenvalue weighted by Gasteiger charge is 2.33. The van der Waals surface area contributed by atoms with Crippen LogP contribution in [0, 0.1) is 0 Å². The minimum Gasteiger partial charge on any atom is -0.481 e. The molecule has 0 saturated carbocycles. The minimum absolute atomic E-state index is 0.250. The van der Waals surface area contributed by atoms with Crippen molar-refractivity contribution in [2.24, 2.45) is 0 Å². The van der Waals surface area contributed by atoms with Crippen LogP contribution in [0.3, 0.4) is 0 Å². The van der Waals surface area contributed by atoms with Crippen molar-refractivity contribution in [3.8, 4) is 0 Å². The standard InChI is InChI=1S/C4H9.C3H4O4.C2H6O.Mg/c1-3-4-2;4-2(5)1-3(6)7;1-2-3;/h3H,4H2,1-2H3;1H2,(H,4,5)(H,6,7);3H,2H2,1H3;/q;;;+2. The van der Waals surface area contributed by atoms with Gasteiger partial charge in [0.1, 0.15) is 6.42 Å². The van der Waals surface area contributed by atoms with Crippen molar-refractivity contribution in [3.63, 3.8) is 0 Å². The summed E-state index contributed by atoms with van der Waals surface area (Å²) in [4.78, 5) is 18.9. The number of carboxylic acid groups (broad SMARTS) is 2. The van der Waals surface area contributed by atoms with Crippen LogP contribution in [0.25, 0.3) is 0 Å². The van der Waals surface area contributed by atoms with Crippen LogP contribution in [0.4, 0.5) is 0 Å². The van der Waals surface area contributed by atoms with Crippen LogP contribution in [0.2, 0.25) is 4.05 Å². The Morgan fingerprint density at radius 2 is 1.40 bits per heavy atom. The normalized spacial score (nSPS) is 9.93. The van der Waals surface area contributed by atoms with Crippen molar-refractivity contribution in [3.05, 3.63) is 0 Å². The van der Waals surface area contributed by atoms with Crippen molar-refractivity contribution in [1.82, 2.24) is 0 Å². The number of hydrogen-bond acceptors (Lipinski definition) is 3. The molecule has 85 valence electrons. The molecule has 0 aromatic carbocycles. The Labute approximate surface area is 103 Å². The fourth-order valence-electron chi connectivity index (χ4n) is 0.129. The molecule has 0 saturated heterocycles. The van der Waals surface area contributed by atoms with Crippen molar-refractivity contribution >= 4 is 33.6 Å². The summed E-state index contributed by atoms with van der Waals surface area (Å²) in [5, 5.41) is 23.0. The first kappa shape index (κ1) is 20.1. The smallest absolute Gasteiger partial charge is 0.481 e. The number of aliphatic hydroxyl groups excluding tert-OH is 1. The Morgan fingerprint density at radius 3 is 1.40 bits per heavy atom. The van der Waals surface area contributed by atoms with Crippen molar-refractivity contribution in [1.29, 1.82) is 0 Å². The SMILES string of the molecule is CCO.CC[CH](C)[Mg+2].O=C(O)CC(=O)O. The third-order valence-corrected chi connectivity index (χ3v) is 1.58. The molecule has 0 heterocycles. The maximum Gasteiger partial charge on any atom is 1.42 e. The van der Waals surface area contributed by atoms with Gasteiger partial charge < -0.3 is 15.3 Å². The van der Waals surface area contributed by atoms with E-state index in [1.165, 1.54) is 6.42 Å². The molecule has 6 heteroatoms. The Morgan fingerprint density at radius 1 is 1.20 bits per heavy atom. The third-order valence-electron chi connectivity index (χ3n) is 0.999. The predicted octanol–water partition coefficient (Wildman–Crippen LogP) is 0.918. The number of carboxylic acids is 2. The molecule has 0 amide bonds. The molecule has 15 heavy (non-hydrogen) atoms. The van der Waals surface area contributed by atoms with Gasteiger partial charge in [-0.2, -0.15) is 0 Å². The van der Waals surface area contributed by atoms with Crippen molar-refractivity contribution in [2.45, 2.75) is 37.7 Å². The Hall–Kier alpha value is -0.334. The van der Waals surface area contributed by atoms with E-state index in [9.17, 15) is 9.59 Å². The largest absolute Gasteiger partial charge is 1.42 e. The summed E-state index contributed by atoms with van der Waals surface area (Å²) in [5.41, 5.74) is 0. The average molecular weight is 232 g/mol. The van der Waals surface area contributed by atoms with Gasteiger partial charge in [-0.25, -0.2) is 0 Å². The summed E-state index contributed by atoms with van der Waals surface area (Å²) in [6, 6.07) is 0. The van der Waals surface area contributed by atoms with Crippen LogP contribution in [-0.2, 0) is 9.59 Å². The molecule has 0 aromatic rings. The lowest BCUT2D eigenvalue weighted by Gasteiger charge is -1.80. The second kappa shape index (κ2) is 16.1. The quantitative estimate of drug-likeness (QED) is 0.496. The first-order chi connectivity index (χ1) is 6.81. The van der Waals surface area contributed by atoms with E-state index in [0.717, 1.165) is 4.05 Å². The zero-order valence-electron chi connectivity index (χ0n) is 9.56. The number of aliphatic hydroxyl groups is 1. The molecule has 0 aliphatic heterocycles. The number of hydrogen-bond donors (Lipinski definition) is 3. The number of aliphatic carboxylic acids is 2. The first-order valence-electron chi connectivity index (χ1n) is 4.69. The van der Waals surface area contributed by atoms with E-state index in [4.69, 9.17) is 15.3 Å². The molecular formula is C9H19MgO5+2. The van der Waals surface area contributed by atoms with Gasteiger partial charge in [-0.1, -0.05) is 6.92 Å². The number of carbonyl (C=O) groups is 2. The van der Waals surface area contributed by atoms with Gasteiger partial charge in [0, 0.05) is 20.0 Å². The molecule has 0 aromatic heterocycles. The lowest BCUT2D eigenvalue weighted by Crippen LogP contribution is -2.03. The molecule has 1 atom stereocenters. The maximum absolute atomic E-state index is 9.43. The molecule has 0 fully saturated rings. The minimum atomic E-state index is -1.31. The van der Waals surface area contributed by atoms with Crippen LogP contribution >= 0.6 is 0 Å². The molecule has 0 spiro atoms. The Bertz CT molecular complexity index is 147. The zero-order chi connectivity index (χ0) is 12.9. The van der Waals surface area contributed by atoms with Crippen LogP contribution in [0.5, 0.6) is 0 Å². The van der Waals surface area contributed by atoms with Gasteiger partial charge in [0.2, 0.25) is 0 Å². The van der Waals surface area contributed by atoms with Crippen molar-refractivity contribution < 1.29 is 24.9 Å².